The first kappa shape index (κ1) is 13.8. The van der Waals surface area contributed by atoms with Crippen LogP contribution in [-0.4, -0.2) is 22.4 Å². The lowest BCUT2D eigenvalue weighted by Crippen LogP contribution is -2.27. The van der Waals surface area contributed by atoms with Crippen molar-refractivity contribution in [3.05, 3.63) is 52.1 Å². The quantitative estimate of drug-likeness (QED) is 0.761. The van der Waals surface area contributed by atoms with E-state index in [1.165, 1.54) is 0 Å². The van der Waals surface area contributed by atoms with Gasteiger partial charge in [0.1, 0.15) is 0 Å². The molecule has 0 unspecified atom stereocenters. The Labute approximate surface area is 127 Å². The predicted molar refractivity (Wildman–Crippen MR) is 85.6 cm³/mol. The number of nitrogens with one attached hydrogen (secondary N) is 2. The van der Waals surface area contributed by atoms with Gasteiger partial charge < -0.3 is 10.3 Å². The van der Waals surface area contributed by atoms with Gasteiger partial charge in [-0.3, -0.25) is 4.79 Å². The molecule has 0 saturated carbocycles. The number of benzene rings is 1. The van der Waals surface area contributed by atoms with Gasteiger partial charge in [0, 0.05) is 35.4 Å². The molecule has 4 nitrogen and oxygen atoms in total. The molecule has 0 aliphatic rings. The van der Waals surface area contributed by atoms with E-state index in [1.807, 2.05) is 42.8 Å². The molecule has 3 rings (SSSR count). The number of thiazole rings is 1. The highest BCUT2D eigenvalue weighted by atomic mass is 32.1. The average molecular weight is 299 g/mol. The van der Waals surface area contributed by atoms with Crippen LogP contribution in [0.3, 0.4) is 0 Å². The summed E-state index contributed by atoms with van der Waals surface area (Å²) in [6.45, 7) is 2.62. The van der Waals surface area contributed by atoms with Crippen LogP contribution in [0, 0.1) is 6.92 Å². The minimum atomic E-state index is 0.0479. The molecule has 2 heterocycles. The number of aromatic amines is 1. The third-order valence-corrected chi connectivity index (χ3v) is 4.22. The molecule has 3 aromatic rings. The Morgan fingerprint density at radius 2 is 2.24 bits per heavy atom. The van der Waals surface area contributed by atoms with Gasteiger partial charge in [-0.15, -0.1) is 11.3 Å². The summed E-state index contributed by atoms with van der Waals surface area (Å²) in [4.78, 5) is 19.6. The molecule has 0 aliphatic heterocycles. The number of H-pyrrole nitrogens is 1. The highest BCUT2D eigenvalue weighted by Gasteiger charge is 2.08. The maximum absolute atomic E-state index is 12.0. The van der Waals surface area contributed by atoms with Crippen molar-refractivity contribution in [3.8, 4) is 0 Å². The lowest BCUT2D eigenvalue weighted by molar-refractivity contribution is -0.120. The van der Waals surface area contributed by atoms with Gasteiger partial charge >= 0.3 is 0 Å². The maximum atomic E-state index is 12.0. The number of carbonyl (C=O) groups is 1. The minimum absolute atomic E-state index is 0.0479. The van der Waals surface area contributed by atoms with E-state index in [9.17, 15) is 4.79 Å². The summed E-state index contributed by atoms with van der Waals surface area (Å²) >= 11 is 1.64. The van der Waals surface area contributed by atoms with Crippen molar-refractivity contribution in [2.75, 3.05) is 6.54 Å². The largest absolute Gasteiger partial charge is 0.361 e. The lowest BCUT2D eigenvalue weighted by atomic mass is 10.1. The molecule has 0 atom stereocenters. The lowest BCUT2D eigenvalue weighted by Gasteiger charge is -2.03. The Bertz CT molecular complexity index is 760. The third-order valence-electron chi connectivity index (χ3n) is 3.40. The summed E-state index contributed by atoms with van der Waals surface area (Å²) in [6.07, 6.45) is 3.10. The Morgan fingerprint density at radius 1 is 1.38 bits per heavy atom. The van der Waals surface area contributed by atoms with E-state index < -0.39 is 0 Å². The fourth-order valence-corrected chi connectivity index (χ4v) is 3.01. The van der Waals surface area contributed by atoms with Gasteiger partial charge in [0.25, 0.3) is 0 Å². The van der Waals surface area contributed by atoms with E-state index in [0.29, 0.717) is 13.0 Å². The van der Waals surface area contributed by atoms with Crippen molar-refractivity contribution < 1.29 is 4.79 Å². The van der Waals surface area contributed by atoms with Crippen molar-refractivity contribution in [2.24, 2.45) is 0 Å². The third kappa shape index (κ3) is 3.31. The molecule has 2 N–H and O–H groups in total. The van der Waals surface area contributed by atoms with E-state index in [4.69, 9.17) is 0 Å². The number of fused-ring (bicyclic) bond motifs is 1. The van der Waals surface area contributed by atoms with E-state index >= 15 is 0 Å². The van der Waals surface area contributed by atoms with E-state index in [-0.39, 0.29) is 5.91 Å². The molecule has 0 saturated heterocycles. The monoisotopic (exact) mass is 299 g/mol. The summed E-state index contributed by atoms with van der Waals surface area (Å²) in [5, 5.41) is 7.18. The van der Waals surface area contributed by atoms with Crippen LogP contribution in [0.5, 0.6) is 0 Å². The molecular weight excluding hydrogens is 282 g/mol. The molecule has 0 aliphatic carbocycles. The molecule has 0 fully saturated rings. The van der Waals surface area contributed by atoms with Gasteiger partial charge in [-0.2, -0.15) is 0 Å². The van der Waals surface area contributed by atoms with Crippen molar-refractivity contribution in [1.29, 1.82) is 0 Å². The first-order chi connectivity index (χ1) is 10.2. The first-order valence-corrected chi connectivity index (χ1v) is 7.83. The topological polar surface area (TPSA) is 57.8 Å². The summed E-state index contributed by atoms with van der Waals surface area (Å²) in [6, 6.07) is 8.02. The van der Waals surface area contributed by atoms with Gasteiger partial charge in [-0.1, -0.05) is 18.2 Å². The van der Waals surface area contributed by atoms with Crippen LogP contribution in [0.2, 0.25) is 0 Å². The zero-order chi connectivity index (χ0) is 14.7. The van der Waals surface area contributed by atoms with Gasteiger partial charge in [0.05, 0.1) is 17.1 Å². The molecule has 0 spiro atoms. The van der Waals surface area contributed by atoms with Crippen molar-refractivity contribution in [2.45, 2.75) is 19.8 Å². The van der Waals surface area contributed by atoms with Crippen LogP contribution in [-0.2, 0) is 17.6 Å². The Kier molecular flexibility index (Phi) is 4.01. The van der Waals surface area contributed by atoms with E-state index in [0.717, 1.165) is 33.6 Å². The number of hydrogen-bond acceptors (Lipinski definition) is 3. The molecule has 1 aromatic carbocycles. The number of carbonyl (C=O) groups excluding carboxylic acids is 1. The zero-order valence-electron chi connectivity index (χ0n) is 11.8. The summed E-state index contributed by atoms with van der Waals surface area (Å²) in [5.41, 5.74) is 3.15. The predicted octanol–water partition coefficient (Wildman–Crippen LogP) is 2.83. The maximum Gasteiger partial charge on any atom is 0.224 e. The molecule has 21 heavy (non-hydrogen) atoms. The minimum Gasteiger partial charge on any atom is -0.361 e. The van der Waals surface area contributed by atoms with Gasteiger partial charge in [0.2, 0.25) is 5.91 Å². The standard InChI is InChI=1S/C16H17N3OS/c1-11-19-13(10-21-11)6-7-17-16(20)8-12-9-18-15-5-3-2-4-14(12)15/h2-5,9-10,18H,6-8H2,1H3,(H,17,20). The number of amides is 1. The summed E-state index contributed by atoms with van der Waals surface area (Å²) < 4.78 is 0. The number of aromatic nitrogens is 2. The molecule has 5 heteroatoms. The van der Waals surface area contributed by atoms with Crippen LogP contribution < -0.4 is 5.32 Å². The van der Waals surface area contributed by atoms with E-state index in [1.54, 1.807) is 11.3 Å². The van der Waals surface area contributed by atoms with Crippen LogP contribution in [0.4, 0.5) is 0 Å². The van der Waals surface area contributed by atoms with Crippen LogP contribution in [0.15, 0.2) is 35.8 Å². The number of para-hydroxylation sites is 1. The second-order valence-corrected chi connectivity index (χ2v) is 6.06. The fourth-order valence-electron chi connectivity index (χ4n) is 2.37. The summed E-state index contributed by atoms with van der Waals surface area (Å²) in [5.74, 6) is 0.0479. The van der Waals surface area contributed by atoms with Crippen molar-refractivity contribution >= 4 is 28.1 Å². The fraction of sp³-hybridized carbons (Fsp3) is 0.250. The average Bonchev–Trinajstić information content (AvgIpc) is 3.06. The first-order valence-electron chi connectivity index (χ1n) is 6.95. The molecular formula is C16H17N3OS. The number of rotatable bonds is 5. The normalized spacial score (nSPS) is 10.9. The number of aryl methyl sites for hydroxylation is 1. The zero-order valence-corrected chi connectivity index (χ0v) is 12.7. The smallest absolute Gasteiger partial charge is 0.224 e. The van der Waals surface area contributed by atoms with Gasteiger partial charge in [0.15, 0.2) is 0 Å². The molecule has 1 amide bonds. The molecule has 2 aromatic heterocycles. The molecule has 108 valence electrons. The van der Waals surface area contributed by atoms with Crippen molar-refractivity contribution in [1.82, 2.24) is 15.3 Å². The highest BCUT2D eigenvalue weighted by Crippen LogP contribution is 2.17. The highest BCUT2D eigenvalue weighted by molar-refractivity contribution is 7.09. The Hall–Kier alpha value is -2.14. The van der Waals surface area contributed by atoms with Crippen LogP contribution in [0.1, 0.15) is 16.3 Å². The van der Waals surface area contributed by atoms with Crippen LogP contribution >= 0.6 is 11.3 Å². The molecule has 0 bridgehead atoms. The van der Waals surface area contributed by atoms with E-state index in [2.05, 4.69) is 15.3 Å². The summed E-state index contributed by atoms with van der Waals surface area (Å²) in [7, 11) is 0. The van der Waals surface area contributed by atoms with Crippen molar-refractivity contribution in [3.63, 3.8) is 0 Å². The Balaban J connectivity index is 1.54. The second-order valence-electron chi connectivity index (χ2n) is 4.99. The second kappa shape index (κ2) is 6.10. The SMILES string of the molecule is Cc1nc(CCNC(=O)Cc2c[nH]c3ccccc23)cs1. The van der Waals surface area contributed by atoms with Crippen LogP contribution in [0.25, 0.3) is 10.9 Å². The van der Waals surface area contributed by atoms with Gasteiger partial charge in [-0.05, 0) is 18.6 Å². The Morgan fingerprint density at radius 3 is 3.05 bits per heavy atom. The van der Waals surface area contributed by atoms with Gasteiger partial charge in [-0.25, -0.2) is 4.98 Å². The number of hydrogen-bond donors (Lipinski definition) is 2. The number of nitrogens with zero attached hydrogens (tertiary/aromatic N) is 1. The molecule has 0 radical (unpaired) electrons.